The van der Waals surface area contributed by atoms with Crippen molar-refractivity contribution in [1.29, 1.82) is 0 Å². The molecular weight excluding hydrogens is 275 g/mol. The van der Waals surface area contributed by atoms with Gasteiger partial charge < -0.3 is 0 Å². The van der Waals surface area contributed by atoms with Gasteiger partial charge in [0.15, 0.2) is 0 Å². The third-order valence-electron chi connectivity index (χ3n) is 4.29. The Balaban J connectivity index is 1.64. The molecule has 0 saturated carbocycles. The standard InChI is InChI=1S/C22H23B/c23-22-16-20(13-11-18-7-3-1-4-8-18)15-21(17-22)14-12-19-9-5-2-6-10-19/h1-10,15-17H,11-14,23H2. The van der Waals surface area contributed by atoms with Crippen LogP contribution in [0.2, 0.25) is 0 Å². The molecule has 3 rings (SSSR count). The van der Waals surface area contributed by atoms with E-state index in [0.717, 1.165) is 25.7 Å². The van der Waals surface area contributed by atoms with Crippen molar-refractivity contribution in [3.8, 4) is 0 Å². The molecule has 0 fully saturated rings. The van der Waals surface area contributed by atoms with Crippen molar-refractivity contribution >= 4 is 13.3 Å². The summed E-state index contributed by atoms with van der Waals surface area (Å²) in [5.74, 6) is 0. The summed E-state index contributed by atoms with van der Waals surface area (Å²) in [4.78, 5) is 0. The summed E-state index contributed by atoms with van der Waals surface area (Å²) in [6.07, 6.45) is 4.46. The number of benzene rings is 3. The number of hydrogen-bond acceptors (Lipinski definition) is 0. The highest BCUT2D eigenvalue weighted by molar-refractivity contribution is 6.32. The van der Waals surface area contributed by atoms with Crippen LogP contribution in [0.5, 0.6) is 0 Å². The molecule has 0 radical (unpaired) electrons. The normalized spacial score (nSPS) is 10.6. The highest BCUT2D eigenvalue weighted by Gasteiger charge is 2.01. The lowest BCUT2D eigenvalue weighted by Crippen LogP contribution is -2.07. The van der Waals surface area contributed by atoms with Crippen molar-refractivity contribution in [1.82, 2.24) is 0 Å². The summed E-state index contributed by atoms with van der Waals surface area (Å²) in [6.45, 7) is 0. The Morgan fingerprint density at radius 2 is 0.870 bits per heavy atom. The van der Waals surface area contributed by atoms with Gasteiger partial charge in [-0.25, -0.2) is 0 Å². The number of hydrogen-bond donors (Lipinski definition) is 0. The van der Waals surface area contributed by atoms with Crippen LogP contribution in [0.15, 0.2) is 78.9 Å². The third kappa shape index (κ3) is 4.86. The highest BCUT2D eigenvalue weighted by atomic mass is 14.1. The van der Waals surface area contributed by atoms with E-state index < -0.39 is 0 Å². The Bertz CT molecular complexity index is 671. The molecule has 0 atom stereocenters. The Kier molecular flexibility index (Phi) is 5.31. The van der Waals surface area contributed by atoms with Crippen molar-refractivity contribution in [3.05, 3.63) is 101 Å². The fourth-order valence-corrected chi connectivity index (χ4v) is 3.10. The van der Waals surface area contributed by atoms with Gasteiger partial charge in [0.25, 0.3) is 0 Å². The van der Waals surface area contributed by atoms with Gasteiger partial charge >= 0.3 is 0 Å². The first-order valence-electron chi connectivity index (χ1n) is 8.47. The molecule has 0 spiro atoms. The lowest BCUT2D eigenvalue weighted by molar-refractivity contribution is 0.933. The monoisotopic (exact) mass is 298 g/mol. The molecule has 0 bridgehead atoms. The molecule has 0 N–H and O–H groups in total. The molecule has 0 saturated heterocycles. The molecule has 0 aliphatic rings. The fourth-order valence-electron chi connectivity index (χ4n) is 3.10. The van der Waals surface area contributed by atoms with Crippen LogP contribution in [0.1, 0.15) is 22.3 Å². The average molecular weight is 298 g/mol. The summed E-state index contributed by atoms with van der Waals surface area (Å²) >= 11 is 0. The Labute approximate surface area is 140 Å². The first kappa shape index (κ1) is 15.6. The van der Waals surface area contributed by atoms with Crippen molar-refractivity contribution in [3.63, 3.8) is 0 Å². The molecule has 3 aromatic rings. The van der Waals surface area contributed by atoms with Crippen LogP contribution in [-0.2, 0) is 25.7 Å². The lowest BCUT2D eigenvalue weighted by Gasteiger charge is -2.09. The molecule has 23 heavy (non-hydrogen) atoms. The topological polar surface area (TPSA) is 0 Å². The van der Waals surface area contributed by atoms with Gasteiger partial charge in [-0.1, -0.05) is 84.3 Å². The van der Waals surface area contributed by atoms with Crippen LogP contribution in [0.3, 0.4) is 0 Å². The lowest BCUT2D eigenvalue weighted by atomic mass is 9.89. The molecule has 0 aliphatic carbocycles. The van der Waals surface area contributed by atoms with Crippen LogP contribution in [-0.4, -0.2) is 7.85 Å². The Hall–Kier alpha value is -2.28. The quantitative estimate of drug-likeness (QED) is 0.611. The molecular formula is C22H23B. The van der Waals surface area contributed by atoms with Crippen molar-refractivity contribution < 1.29 is 0 Å². The maximum atomic E-state index is 2.39. The first-order valence-corrected chi connectivity index (χ1v) is 8.47. The van der Waals surface area contributed by atoms with E-state index in [0.29, 0.717) is 0 Å². The van der Waals surface area contributed by atoms with Gasteiger partial charge in [-0.3, -0.25) is 0 Å². The zero-order valence-electron chi connectivity index (χ0n) is 13.8. The molecule has 114 valence electrons. The van der Waals surface area contributed by atoms with Crippen molar-refractivity contribution in [2.45, 2.75) is 25.7 Å². The highest BCUT2D eigenvalue weighted by Crippen LogP contribution is 2.11. The summed E-state index contributed by atoms with van der Waals surface area (Å²) in [6, 6.07) is 28.6. The smallest absolute Gasteiger partial charge is 0.0884 e. The third-order valence-corrected chi connectivity index (χ3v) is 4.29. The Morgan fingerprint density at radius 3 is 1.30 bits per heavy atom. The molecule has 0 aromatic heterocycles. The second kappa shape index (κ2) is 7.83. The summed E-state index contributed by atoms with van der Waals surface area (Å²) in [7, 11) is 2.21. The number of rotatable bonds is 6. The van der Waals surface area contributed by atoms with Crippen LogP contribution in [0, 0.1) is 0 Å². The molecule has 0 unspecified atom stereocenters. The van der Waals surface area contributed by atoms with Crippen molar-refractivity contribution in [2.24, 2.45) is 0 Å². The fraction of sp³-hybridized carbons (Fsp3) is 0.182. The van der Waals surface area contributed by atoms with E-state index in [1.807, 2.05) is 0 Å². The Morgan fingerprint density at radius 1 is 0.478 bits per heavy atom. The van der Waals surface area contributed by atoms with Gasteiger partial charge in [-0.15, -0.1) is 0 Å². The van der Waals surface area contributed by atoms with Gasteiger partial charge in [-0.05, 0) is 47.9 Å². The van der Waals surface area contributed by atoms with E-state index >= 15 is 0 Å². The SMILES string of the molecule is Bc1cc(CCc2ccccc2)cc(CCc2ccccc2)c1. The minimum Gasteiger partial charge on any atom is -0.0884 e. The molecule has 1 heteroatoms. The minimum absolute atomic E-state index is 1.11. The second-order valence-electron chi connectivity index (χ2n) is 6.30. The van der Waals surface area contributed by atoms with Crippen LogP contribution in [0.4, 0.5) is 0 Å². The van der Waals surface area contributed by atoms with Gasteiger partial charge in [0, 0.05) is 0 Å². The van der Waals surface area contributed by atoms with Crippen LogP contribution < -0.4 is 5.46 Å². The first-order chi connectivity index (χ1) is 11.3. The summed E-state index contributed by atoms with van der Waals surface area (Å²) in [5, 5.41) is 0. The zero-order chi connectivity index (χ0) is 15.9. The molecule has 0 aliphatic heterocycles. The minimum atomic E-state index is 1.11. The maximum absolute atomic E-state index is 2.39. The van der Waals surface area contributed by atoms with Gasteiger partial charge in [0.05, 0.1) is 0 Å². The van der Waals surface area contributed by atoms with Gasteiger partial charge in [0.2, 0.25) is 0 Å². The van der Waals surface area contributed by atoms with Crippen LogP contribution in [0.25, 0.3) is 0 Å². The number of aryl methyl sites for hydroxylation is 4. The molecule has 3 aromatic carbocycles. The maximum Gasteiger partial charge on any atom is 0.139 e. The van der Waals surface area contributed by atoms with Gasteiger partial charge in [0.1, 0.15) is 7.85 Å². The van der Waals surface area contributed by atoms with E-state index in [4.69, 9.17) is 0 Å². The molecule has 0 nitrogen and oxygen atoms in total. The molecule has 0 amide bonds. The zero-order valence-corrected chi connectivity index (χ0v) is 13.8. The predicted octanol–water partition coefficient (Wildman–Crippen LogP) is 3.52. The van der Waals surface area contributed by atoms with Crippen molar-refractivity contribution in [2.75, 3.05) is 0 Å². The largest absolute Gasteiger partial charge is 0.139 e. The van der Waals surface area contributed by atoms with E-state index in [1.54, 1.807) is 0 Å². The average Bonchev–Trinajstić information content (AvgIpc) is 2.60. The molecule has 0 heterocycles. The van der Waals surface area contributed by atoms with E-state index in [9.17, 15) is 0 Å². The van der Waals surface area contributed by atoms with Gasteiger partial charge in [-0.2, -0.15) is 0 Å². The summed E-state index contributed by atoms with van der Waals surface area (Å²) in [5.41, 5.74) is 7.12. The summed E-state index contributed by atoms with van der Waals surface area (Å²) < 4.78 is 0. The van der Waals surface area contributed by atoms with Crippen LogP contribution >= 0.6 is 0 Å². The van der Waals surface area contributed by atoms with E-state index in [1.165, 1.54) is 27.7 Å². The van der Waals surface area contributed by atoms with E-state index in [-0.39, 0.29) is 0 Å². The predicted molar refractivity (Wildman–Crippen MR) is 102 cm³/mol. The van der Waals surface area contributed by atoms with E-state index in [2.05, 4.69) is 86.7 Å². The second-order valence-corrected chi connectivity index (χ2v) is 6.30.